The second-order valence-electron chi connectivity index (χ2n) is 4.86. The van der Waals surface area contributed by atoms with Gasteiger partial charge in [-0.25, -0.2) is 9.97 Å². The van der Waals surface area contributed by atoms with Crippen LogP contribution in [-0.4, -0.2) is 68.4 Å². The first-order valence-corrected chi connectivity index (χ1v) is 6.47. The van der Waals surface area contributed by atoms with E-state index in [0.29, 0.717) is 0 Å². The van der Waals surface area contributed by atoms with E-state index in [1.54, 1.807) is 17.2 Å². The highest BCUT2D eigenvalue weighted by Gasteiger charge is 2.21. The third kappa shape index (κ3) is 2.29. The van der Waals surface area contributed by atoms with Crippen molar-refractivity contribution in [1.82, 2.24) is 24.6 Å². The fourth-order valence-corrected chi connectivity index (χ4v) is 2.51. The van der Waals surface area contributed by atoms with Crippen LogP contribution in [0.1, 0.15) is 0 Å². The van der Waals surface area contributed by atoms with Gasteiger partial charge in [-0.1, -0.05) is 0 Å². The number of carboxylic acids is 1. The molecule has 20 heavy (non-hydrogen) atoms. The van der Waals surface area contributed by atoms with E-state index in [1.807, 2.05) is 11.9 Å². The molecule has 1 fully saturated rings. The van der Waals surface area contributed by atoms with Crippen LogP contribution in [0.2, 0.25) is 0 Å². The van der Waals surface area contributed by atoms with Gasteiger partial charge in [0.15, 0.2) is 5.65 Å². The molecule has 0 spiro atoms. The van der Waals surface area contributed by atoms with Crippen LogP contribution in [0.25, 0.3) is 11.0 Å². The van der Waals surface area contributed by atoms with E-state index >= 15 is 0 Å². The minimum atomic E-state index is -0.782. The number of fused-ring (bicyclic) bond motifs is 1. The maximum Gasteiger partial charge on any atom is 0.317 e. The summed E-state index contributed by atoms with van der Waals surface area (Å²) in [5, 5.41) is 13.9. The second-order valence-corrected chi connectivity index (χ2v) is 4.86. The van der Waals surface area contributed by atoms with E-state index in [2.05, 4.69) is 20.0 Å². The van der Waals surface area contributed by atoms with Crippen LogP contribution in [0, 0.1) is 0 Å². The highest BCUT2D eigenvalue weighted by molar-refractivity contribution is 5.86. The number of carbonyl (C=O) groups is 1. The molecule has 0 unspecified atom stereocenters. The zero-order chi connectivity index (χ0) is 14.1. The molecule has 0 atom stereocenters. The summed E-state index contributed by atoms with van der Waals surface area (Å²) in [6.07, 6.45) is 3.32. The Morgan fingerprint density at radius 3 is 2.75 bits per heavy atom. The fourth-order valence-electron chi connectivity index (χ4n) is 2.51. The zero-order valence-electron chi connectivity index (χ0n) is 11.2. The zero-order valence-corrected chi connectivity index (χ0v) is 11.2. The summed E-state index contributed by atoms with van der Waals surface area (Å²) in [5.74, 6) is 0.0909. The minimum Gasteiger partial charge on any atom is -0.480 e. The SMILES string of the molecule is Cn1ncc2c(N3CCN(CC(=O)O)CC3)ncnc21. The summed E-state index contributed by atoms with van der Waals surface area (Å²) in [5.41, 5.74) is 0.808. The van der Waals surface area contributed by atoms with Gasteiger partial charge < -0.3 is 10.0 Å². The van der Waals surface area contributed by atoms with Gasteiger partial charge in [-0.05, 0) is 0 Å². The normalized spacial score (nSPS) is 16.8. The first-order valence-electron chi connectivity index (χ1n) is 6.47. The molecule has 1 aliphatic rings. The van der Waals surface area contributed by atoms with E-state index in [0.717, 1.165) is 43.0 Å². The van der Waals surface area contributed by atoms with Crippen LogP contribution < -0.4 is 4.90 Å². The average Bonchev–Trinajstić information content (AvgIpc) is 2.81. The molecule has 0 amide bonds. The predicted molar refractivity (Wildman–Crippen MR) is 72.6 cm³/mol. The van der Waals surface area contributed by atoms with Crippen molar-refractivity contribution in [2.75, 3.05) is 37.6 Å². The first-order chi connectivity index (χ1) is 9.65. The Bertz CT molecular complexity index is 632. The van der Waals surface area contributed by atoms with Crippen LogP contribution in [0.3, 0.4) is 0 Å². The molecule has 0 bridgehead atoms. The third-order valence-electron chi connectivity index (χ3n) is 3.54. The van der Waals surface area contributed by atoms with Crippen molar-refractivity contribution >= 4 is 22.8 Å². The van der Waals surface area contributed by atoms with Crippen LogP contribution in [0.15, 0.2) is 12.5 Å². The van der Waals surface area contributed by atoms with Crippen LogP contribution in [0.5, 0.6) is 0 Å². The number of hydrogen-bond donors (Lipinski definition) is 1. The van der Waals surface area contributed by atoms with Crippen LogP contribution in [-0.2, 0) is 11.8 Å². The standard InChI is InChI=1S/C12H16N6O2/c1-16-11-9(6-15-16)12(14-8-13-11)18-4-2-17(3-5-18)7-10(19)20/h6,8H,2-5,7H2,1H3,(H,19,20). The monoisotopic (exact) mass is 276 g/mol. The number of piperazine rings is 1. The molecule has 1 aliphatic heterocycles. The molecule has 0 aliphatic carbocycles. The van der Waals surface area contributed by atoms with Crippen molar-refractivity contribution in [3.63, 3.8) is 0 Å². The van der Waals surface area contributed by atoms with Crippen molar-refractivity contribution in [3.8, 4) is 0 Å². The van der Waals surface area contributed by atoms with Crippen LogP contribution >= 0.6 is 0 Å². The van der Waals surface area contributed by atoms with E-state index in [4.69, 9.17) is 5.11 Å². The minimum absolute atomic E-state index is 0.0971. The lowest BCUT2D eigenvalue weighted by atomic mass is 10.3. The number of carboxylic acid groups (broad SMARTS) is 1. The number of aryl methyl sites for hydroxylation is 1. The summed E-state index contributed by atoms with van der Waals surface area (Å²) >= 11 is 0. The van der Waals surface area contributed by atoms with Gasteiger partial charge in [0.1, 0.15) is 12.1 Å². The molecule has 8 heteroatoms. The number of hydrogen-bond acceptors (Lipinski definition) is 6. The van der Waals surface area contributed by atoms with E-state index in [9.17, 15) is 4.79 Å². The third-order valence-corrected chi connectivity index (χ3v) is 3.54. The number of aliphatic carboxylic acids is 1. The topological polar surface area (TPSA) is 87.4 Å². The lowest BCUT2D eigenvalue weighted by Crippen LogP contribution is -2.48. The predicted octanol–water partition coefficient (Wildman–Crippen LogP) is -0.430. The molecular formula is C12H16N6O2. The smallest absolute Gasteiger partial charge is 0.317 e. The molecule has 106 valence electrons. The molecule has 2 aromatic rings. The van der Waals surface area contributed by atoms with Gasteiger partial charge >= 0.3 is 5.97 Å². The van der Waals surface area contributed by atoms with Gasteiger partial charge in [0.05, 0.1) is 18.1 Å². The van der Waals surface area contributed by atoms with Gasteiger partial charge in [-0.15, -0.1) is 0 Å². The molecule has 1 saturated heterocycles. The molecule has 2 aromatic heterocycles. The number of nitrogens with zero attached hydrogens (tertiary/aromatic N) is 6. The van der Waals surface area contributed by atoms with Crippen molar-refractivity contribution in [2.24, 2.45) is 7.05 Å². The van der Waals surface area contributed by atoms with Gasteiger partial charge in [-0.3, -0.25) is 14.4 Å². The Morgan fingerprint density at radius 2 is 2.05 bits per heavy atom. The average molecular weight is 276 g/mol. The summed E-state index contributed by atoms with van der Waals surface area (Å²) in [6.45, 7) is 3.05. The van der Waals surface area contributed by atoms with Gasteiger partial charge in [0, 0.05) is 33.2 Å². The van der Waals surface area contributed by atoms with Crippen molar-refractivity contribution < 1.29 is 9.90 Å². The molecule has 0 aromatic carbocycles. The second kappa shape index (κ2) is 5.04. The largest absolute Gasteiger partial charge is 0.480 e. The fraction of sp³-hybridized carbons (Fsp3) is 0.500. The van der Waals surface area contributed by atoms with E-state index in [-0.39, 0.29) is 6.54 Å². The summed E-state index contributed by atoms with van der Waals surface area (Å²) in [6, 6.07) is 0. The lowest BCUT2D eigenvalue weighted by Gasteiger charge is -2.34. The molecule has 0 radical (unpaired) electrons. The summed E-state index contributed by atoms with van der Waals surface area (Å²) in [4.78, 5) is 23.4. The van der Waals surface area contributed by atoms with Gasteiger partial charge in [-0.2, -0.15) is 5.10 Å². The van der Waals surface area contributed by atoms with Crippen molar-refractivity contribution in [1.29, 1.82) is 0 Å². The van der Waals surface area contributed by atoms with Crippen molar-refractivity contribution in [2.45, 2.75) is 0 Å². The summed E-state index contributed by atoms with van der Waals surface area (Å²) in [7, 11) is 1.85. The molecule has 8 nitrogen and oxygen atoms in total. The molecular weight excluding hydrogens is 260 g/mol. The molecule has 0 saturated carbocycles. The lowest BCUT2D eigenvalue weighted by molar-refractivity contribution is -0.138. The maximum absolute atomic E-state index is 10.7. The Labute approximate surface area is 115 Å². The number of rotatable bonds is 3. The first kappa shape index (κ1) is 12.8. The van der Waals surface area contributed by atoms with Gasteiger partial charge in [0.2, 0.25) is 0 Å². The highest BCUT2D eigenvalue weighted by Crippen LogP contribution is 2.22. The van der Waals surface area contributed by atoms with E-state index in [1.165, 1.54) is 0 Å². The quantitative estimate of drug-likeness (QED) is 0.813. The molecule has 1 N–H and O–H groups in total. The van der Waals surface area contributed by atoms with E-state index < -0.39 is 5.97 Å². The Balaban J connectivity index is 1.78. The van der Waals surface area contributed by atoms with Crippen LogP contribution in [0.4, 0.5) is 5.82 Å². The van der Waals surface area contributed by atoms with Gasteiger partial charge in [0.25, 0.3) is 0 Å². The Hall–Kier alpha value is -2.22. The van der Waals surface area contributed by atoms with Crippen molar-refractivity contribution in [3.05, 3.63) is 12.5 Å². The molecule has 3 heterocycles. The number of aromatic nitrogens is 4. The highest BCUT2D eigenvalue weighted by atomic mass is 16.4. The molecule has 3 rings (SSSR count). The Morgan fingerprint density at radius 1 is 1.30 bits per heavy atom. The maximum atomic E-state index is 10.7. The Kier molecular flexibility index (Phi) is 3.23. The number of anilines is 1. The summed E-state index contributed by atoms with van der Waals surface area (Å²) < 4.78 is 1.72.